The molecular formula is C13H20N2O4S2. The van der Waals surface area contributed by atoms with Crippen LogP contribution in [-0.2, 0) is 20.0 Å². The lowest BCUT2D eigenvalue weighted by Gasteiger charge is -2.21. The minimum absolute atomic E-state index is 0.289. The number of benzene rings is 1. The van der Waals surface area contributed by atoms with Gasteiger partial charge in [0.1, 0.15) is 9.79 Å². The van der Waals surface area contributed by atoms with Crippen molar-refractivity contribution in [1.82, 2.24) is 4.72 Å². The second-order valence-corrected chi connectivity index (χ2v) is 8.61. The third-order valence-electron chi connectivity index (χ3n) is 3.73. The Morgan fingerprint density at radius 1 is 1.00 bits per heavy atom. The van der Waals surface area contributed by atoms with Gasteiger partial charge in [0.25, 0.3) is 0 Å². The van der Waals surface area contributed by atoms with Crippen LogP contribution in [0.15, 0.2) is 34.1 Å². The van der Waals surface area contributed by atoms with Crippen molar-refractivity contribution >= 4 is 20.0 Å². The predicted octanol–water partition coefficient (Wildman–Crippen LogP) is 1.19. The van der Waals surface area contributed by atoms with Gasteiger partial charge in [0.15, 0.2) is 0 Å². The molecule has 0 heterocycles. The van der Waals surface area contributed by atoms with Gasteiger partial charge in [0.2, 0.25) is 20.0 Å². The van der Waals surface area contributed by atoms with Crippen LogP contribution in [0.4, 0.5) is 0 Å². The number of hydrogen-bond donors (Lipinski definition) is 2. The van der Waals surface area contributed by atoms with Crippen LogP contribution in [0.5, 0.6) is 0 Å². The average Bonchev–Trinajstić information content (AvgIpc) is 2.45. The van der Waals surface area contributed by atoms with Crippen molar-refractivity contribution in [2.45, 2.75) is 41.9 Å². The first-order valence-electron chi connectivity index (χ1n) is 6.92. The van der Waals surface area contributed by atoms with E-state index in [0.29, 0.717) is 12.5 Å². The normalized spacial score (nSPS) is 17.8. The molecule has 0 aliphatic heterocycles. The Morgan fingerprint density at radius 2 is 1.57 bits per heavy atom. The van der Waals surface area contributed by atoms with Crippen LogP contribution >= 0.6 is 0 Å². The van der Waals surface area contributed by atoms with Crippen LogP contribution in [0.2, 0.25) is 0 Å². The molecule has 118 valence electrons. The summed E-state index contributed by atoms with van der Waals surface area (Å²) in [7, 11) is -7.96. The quantitative estimate of drug-likeness (QED) is 0.844. The zero-order valence-electron chi connectivity index (χ0n) is 11.7. The molecule has 8 heteroatoms. The van der Waals surface area contributed by atoms with Gasteiger partial charge >= 0.3 is 0 Å². The van der Waals surface area contributed by atoms with Crippen LogP contribution < -0.4 is 9.86 Å². The van der Waals surface area contributed by atoms with Gasteiger partial charge in [0, 0.05) is 6.54 Å². The van der Waals surface area contributed by atoms with Crippen LogP contribution in [0, 0.1) is 5.92 Å². The lowest BCUT2D eigenvalue weighted by atomic mass is 9.90. The summed E-state index contributed by atoms with van der Waals surface area (Å²) in [4.78, 5) is -0.663. The van der Waals surface area contributed by atoms with E-state index >= 15 is 0 Å². The lowest BCUT2D eigenvalue weighted by Crippen LogP contribution is -2.31. The van der Waals surface area contributed by atoms with Gasteiger partial charge in [-0.2, -0.15) is 0 Å². The second-order valence-electron chi connectivity index (χ2n) is 5.35. The molecule has 0 radical (unpaired) electrons. The highest BCUT2D eigenvalue weighted by Crippen LogP contribution is 2.24. The standard InChI is InChI=1S/C13H20N2O4S2/c14-20(16,17)12-8-4-5-9-13(12)21(18,19)15-10-11-6-2-1-3-7-11/h4-5,8-9,11,15H,1-3,6-7,10H2,(H2,14,16,17). The maximum Gasteiger partial charge on any atom is 0.241 e. The summed E-state index contributed by atoms with van der Waals surface area (Å²) >= 11 is 0. The fourth-order valence-electron chi connectivity index (χ4n) is 2.60. The first-order chi connectivity index (χ1) is 9.81. The molecule has 0 aromatic heterocycles. The summed E-state index contributed by atoms with van der Waals surface area (Å²) in [6.45, 7) is 0.335. The zero-order chi connectivity index (χ0) is 15.5. The third kappa shape index (κ3) is 4.26. The summed E-state index contributed by atoms with van der Waals surface area (Å²) in [6.07, 6.45) is 5.41. The summed E-state index contributed by atoms with van der Waals surface area (Å²) in [6, 6.07) is 5.37. The molecule has 1 fully saturated rings. The Hall–Kier alpha value is -0.960. The van der Waals surface area contributed by atoms with Gasteiger partial charge in [0.05, 0.1) is 0 Å². The second kappa shape index (κ2) is 6.43. The predicted molar refractivity (Wildman–Crippen MR) is 79.6 cm³/mol. The molecule has 0 unspecified atom stereocenters. The molecule has 1 saturated carbocycles. The molecule has 2 rings (SSSR count). The Balaban J connectivity index is 2.20. The largest absolute Gasteiger partial charge is 0.241 e. The molecule has 0 bridgehead atoms. The van der Waals surface area contributed by atoms with Crippen LogP contribution in [0.25, 0.3) is 0 Å². The van der Waals surface area contributed by atoms with Crippen LogP contribution in [0.1, 0.15) is 32.1 Å². The molecule has 1 aliphatic carbocycles. The molecule has 21 heavy (non-hydrogen) atoms. The van der Waals surface area contributed by atoms with Gasteiger partial charge in [-0.25, -0.2) is 26.7 Å². The van der Waals surface area contributed by atoms with Gasteiger partial charge < -0.3 is 0 Å². The summed E-state index contributed by atoms with van der Waals surface area (Å²) < 4.78 is 50.1. The number of rotatable bonds is 5. The first-order valence-corrected chi connectivity index (χ1v) is 9.95. The molecule has 0 spiro atoms. The van der Waals surface area contributed by atoms with Gasteiger partial charge in [-0.3, -0.25) is 0 Å². The molecule has 0 saturated heterocycles. The van der Waals surface area contributed by atoms with E-state index in [-0.39, 0.29) is 9.79 Å². The average molecular weight is 332 g/mol. The number of nitrogens with two attached hydrogens (primary N) is 1. The fraction of sp³-hybridized carbons (Fsp3) is 0.538. The van der Waals surface area contributed by atoms with E-state index in [4.69, 9.17) is 5.14 Å². The number of sulfonamides is 2. The van der Waals surface area contributed by atoms with Crippen LogP contribution in [-0.4, -0.2) is 23.4 Å². The van der Waals surface area contributed by atoms with Crippen molar-refractivity contribution in [3.63, 3.8) is 0 Å². The van der Waals surface area contributed by atoms with E-state index in [2.05, 4.69) is 4.72 Å². The minimum Gasteiger partial charge on any atom is -0.225 e. The maximum absolute atomic E-state index is 12.3. The molecule has 6 nitrogen and oxygen atoms in total. The van der Waals surface area contributed by atoms with E-state index in [0.717, 1.165) is 25.7 Å². The Bertz CT molecular complexity index is 693. The minimum atomic E-state index is -4.08. The lowest BCUT2D eigenvalue weighted by molar-refractivity contribution is 0.357. The van der Waals surface area contributed by atoms with Crippen molar-refractivity contribution in [3.05, 3.63) is 24.3 Å². The smallest absolute Gasteiger partial charge is 0.225 e. The SMILES string of the molecule is NS(=O)(=O)c1ccccc1S(=O)(=O)NCC1CCCCC1. The third-order valence-corrected chi connectivity index (χ3v) is 6.31. The highest BCUT2D eigenvalue weighted by molar-refractivity contribution is 7.92. The van der Waals surface area contributed by atoms with Crippen molar-refractivity contribution in [1.29, 1.82) is 0 Å². The summed E-state index contributed by atoms with van der Waals surface area (Å²) in [5, 5.41) is 5.07. The van der Waals surface area contributed by atoms with E-state index in [1.54, 1.807) is 0 Å². The van der Waals surface area contributed by atoms with E-state index in [1.807, 2.05) is 0 Å². The van der Waals surface area contributed by atoms with Crippen LogP contribution in [0.3, 0.4) is 0 Å². The summed E-state index contributed by atoms with van der Waals surface area (Å²) in [5.74, 6) is 0.315. The zero-order valence-corrected chi connectivity index (χ0v) is 13.3. The van der Waals surface area contributed by atoms with Crippen molar-refractivity contribution < 1.29 is 16.8 Å². The fourth-order valence-corrected chi connectivity index (χ4v) is 5.10. The Kier molecular flexibility index (Phi) is 5.03. The number of hydrogen-bond acceptors (Lipinski definition) is 4. The van der Waals surface area contributed by atoms with Gasteiger partial charge in [-0.15, -0.1) is 0 Å². The van der Waals surface area contributed by atoms with E-state index < -0.39 is 20.0 Å². The number of nitrogens with one attached hydrogen (secondary N) is 1. The molecule has 1 aromatic carbocycles. The first kappa shape index (κ1) is 16.4. The highest BCUT2D eigenvalue weighted by atomic mass is 32.2. The number of primary sulfonamides is 1. The van der Waals surface area contributed by atoms with Crippen molar-refractivity contribution in [2.24, 2.45) is 11.1 Å². The Morgan fingerprint density at radius 3 is 2.14 bits per heavy atom. The van der Waals surface area contributed by atoms with Crippen molar-refractivity contribution in [2.75, 3.05) is 6.54 Å². The molecule has 3 N–H and O–H groups in total. The summed E-state index contributed by atoms with van der Waals surface area (Å²) in [5.41, 5.74) is 0. The molecule has 1 aliphatic rings. The maximum atomic E-state index is 12.3. The molecule has 0 atom stereocenters. The van der Waals surface area contributed by atoms with Crippen molar-refractivity contribution in [3.8, 4) is 0 Å². The monoisotopic (exact) mass is 332 g/mol. The Labute approximate surface area is 125 Å². The molecule has 0 amide bonds. The molecular weight excluding hydrogens is 312 g/mol. The van der Waals surface area contributed by atoms with Gasteiger partial charge in [-0.05, 0) is 30.9 Å². The highest BCUT2D eigenvalue weighted by Gasteiger charge is 2.25. The van der Waals surface area contributed by atoms with Gasteiger partial charge in [-0.1, -0.05) is 31.4 Å². The van der Waals surface area contributed by atoms with E-state index in [1.165, 1.54) is 30.7 Å². The van der Waals surface area contributed by atoms with E-state index in [9.17, 15) is 16.8 Å². The molecule has 1 aromatic rings. The topological polar surface area (TPSA) is 106 Å².